The first-order valence-corrected chi connectivity index (χ1v) is 13.6. The summed E-state index contributed by atoms with van der Waals surface area (Å²) in [6.45, 7) is 20.1. The van der Waals surface area contributed by atoms with Gasteiger partial charge >= 0.3 is 0 Å². The summed E-state index contributed by atoms with van der Waals surface area (Å²) in [6, 6.07) is 0. The summed E-state index contributed by atoms with van der Waals surface area (Å²) >= 11 is 0. The van der Waals surface area contributed by atoms with Gasteiger partial charge < -0.3 is 0 Å². The molecular weight excluding hydrogens is 376 g/mol. The van der Waals surface area contributed by atoms with Crippen molar-refractivity contribution < 1.29 is 4.79 Å². The van der Waals surface area contributed by atoms with Crippen LogP contribution in [-0.4, -0.2) is 5.78 Å². The molecule has 5 rings (SSSR count). The maximum Gasteiger partial charge on any atom is 0.138 e. The van der Waals surface area contributed by atoms with Crippen LogP contribution in [0.25, 0.3) is 0 Å². The van der Waals surface area contributed by atoms with Crippen molar-refractivity contribution in [3.8, 4) is 0 Å². The molecule has 6 unspecified atom stereocenters. The smallest absolute Gasteiger partial charge is 0.138 e. The Balaban J connectivity index is 1.60. The lowest BCUT2D eigenvalue weighted by Gasteiger charge is -2.69. The second-order valence-corrected chi connectivity index (χ2v) is 14.5. The van der Waals surface area contributed by atoms with Crippen LogP contribution < -0.4 is 0 Å². The van der Waals surface area contributed by atoms with Gasteiger partial charge in [-0.3, -0.25) is 4.79 Å². The average molecular weight is 425 g/mol. The molecular formula is C30H48O. The van der Waals surface area contributed by atoms with Crippen LogP contribution in [-0.2, 0) is 4.79 Å². The van der Waals surface area contributed by atoms with Crippen molar-refractivity contribution in [1.82, 2.24) is 0 Å². The van der Waals surface area contributed by atoms with E-state index in [9.17, 15) is 4.79 Å². The first-order chi connectivity index (χ1) is 14.3. The number of ketones is 1. The first kappa shape index (κ1) is 22.2. The molecule has 174 valence electrons. The lowest BCUT2D eigenvalue weighted by Crippen LogP contribution is -2.62. The summed E-state index contributed by atoms with van der Waals surface area (Å²) in [7, 11) is 0. The standard InChI is InChI=1S/C30H48O/c1-19(2)20-11-14-27(5)17-18-29(7)22-9-10-23-26(3,4)24(31)13-15-28(23,6)21(22)12-16-30(29,8)25(20)27/h12,19-20,22-23,25H,9-11,13-18H2,1-8H3/t20?,22?,23?,25?,27?,28-,29?,30-/m1/s1. The molecule has 0 saturated heterocycles. The summed E-state index contributed by atoms with van der Waals surface area (Å²) in [5.74, 6) is 4.33. The fourth-order valence-corrected chi connectivity index (χ4v) is 10.8. The van der Waals surface area contributed by atoms with Gasteiger partial charge in [-0.05, 0) is 103 Å². The Morgan fingerprint density at radius 1 is 0.871 bits per heavy atom. The predicted octanol–water partition coefficient (Wildman–Crippen LogP) is 8.23. The van der Waals surface area contributed by atoms with E-state index in [2.05, 4.69) is 61.5 Å². The average Bonchev–Trinajstić information content (AvgIpc) is 3.06. The molecule has 0 aromatic heterocycles. The molecule has 4 saturated carbocycles. The van der Waals surface area contributed by atoms with E-state index in [1.54, 1.807) is 5.57 Å². The van der Waals surface area contributed by atoms with E-state index >= 15 is 0 Å². The maximum atomic E-state index is 12.9. The van der Waals surface area contributed by atoms with Gasteiger partial charge in [-0.15, -0.1) is 0 Å². The molecule has 0 N–H and O–H groups in total. The molecule has 0 spiro atoms. The number of carbonyl (C=O) groups is 1. The zero-order chi connectivity index (χ0) is 22.6. The number of hydrogen-bond donors (Lipinski definition) is 0. The van der Waals surface area contributed by atoms with Gasteiger partial charge in [0.15, 0.2) is 0 Å². The van der Waals surface area contributed by atoms with Crippen LogP contribution in [0.4, 0.5) is 0 Å². The van der Waals surface area contributed by atoms with Crippen LogP contribution >= 0.6 is 0 Å². The van der Waals surface area contributed by atoms with Crippen LogP contribution in [0.1, 0.15) is 113 Å². The summed E-state index contributed by atoms with van der Waals surface area (Å²) < 4.78 is 0. The van der Waals surface area contributed by atoms with Gasteiger partial charge in [0, 0.05) is 11.8 Å². The molecule has 1 nitrogen and oxygen atoms in total. The van der Waals surface area contributed by atoms with Crippen molar-refractivity contribution in [3.63, 3.8) is 0 Å². The van der Waals surface area contributed by atoms with E-state index < -0.39 is 0 Å². The molecule has 0 amide bonds. The Bertz CT molecular complexity index is 818. The molecule has 0 radical (unpaired) electrons. The number of fused-ring (bicyclic) bond motifs is 7. The second-order valence-electron chi connectivity index (χ2n) is 14.5. The van der Waals surface area contributed by atoms with Crippen molar-refractivity contribution in [2.75, 3.05) is 0 Å². The van der Waals surface area contributed by atoms with Crippen molar-refractivity contribution in [3.05, 3.63) is 11.6 Å². The molecule has 5 aliphatic rings. The lowest BCUT2D eigenvalue weighted by molar-refractivity contribution is -0.164. The quantitative estimate of drug-likeness (QED) is 0.387. The third kappa shape index (κ3) is 2.59. The molecule has 8 atom stereocenters. The lowest BCUT2D eigenvalue weighted by atomic mass is 9.35. The Morgan fingerprint density at radius 3 is 2.26 bits per heavy atom. The van der Waals surface area contributed by atoms with Crippen LogP contribution in [0.2, 0.25) is 0 Å². The Kier molecular flexibility index (Phi) is 4.66. The SMILES string of the molecule is CC(C)C1CCC2(C)CCC3(C)C4CCC5C(C)(C)C(=O)CC[C@]5(C)C4=CC[C@]3(C)C12. The van der Waals surface area contributed by atoms with Crippen molar-refractivity contribution in [2.24, 2.45) is 56.7 Å². The zero-order valence-electron chi connectivity index (χ0n) is 21.7. The van der Waals surface area contributed by atoms with E-state index in [0.717, 1.165) is 36.5 Å². The zero-order valence-corrected chi connectivity index (χ0v) is 21.7. The van der Waals surface area contributed by atoms with Gasteiger partial charge in [0.05, 0.1) is 0 Å². The molecule has 1 heteroatoms. The second kappa shape index (κ2) is 6.50. The molecule has 0 aromatic carbocycles. The van der Waals surface area contributed by atoms with E-state index in [0.29, 0.717) is 27.9 Å². The molecule has 31 heavy (non-hydrogen) atoms. The topological polar surface area (TPSA) is 17.1 Å². The fraction of sp³-hybridized carbons (Fsp3) is 0.900. The summed E-state index contributed by atoms with van der Waals surface area (Å²) in [5.41, 5.74) is 3.25. The van der Waals surface area contributed by atoms with Crippen LogP contribution in [0.3, 0.4) is 0 Å². The van der Waals surface area contributed by atoms with E-state index in [4.69, 9.17) is 0 Å². The number of Topliss-reactive ketones (excluding diaryl/α,β-unsaturated/α-hetero) is 1. The molecule has 0 aromatic rings. The number of allylic oxidation sites excluding steroid dienone is 2. The fourth-order valence-electron chi connectivity index (χ4n) is 10.8. The molecule has 5 aliphatic carbocycles. The van der Waals surface area contributed by atoms with Crippen LogP contribution in [0.5, 0.6) is 0 Å². The van der Waals surface area contributed by atoms with Crippen molar-refractivity contribution in [2.45, 2.75) is 113 Å². The van der Waals surface area contributed by atoms with Crippen molar-refractivity contribution in [1.29, 1.82) is 0 Å². The highest BCUT2D eigenvalue weighted by molar-refractivity contribution is 5.85. The minimum atomic E-state index is -0.153. The largest absolute Gasteiger partial charge is 0.299 e. The minimum Gasteiger partial charge on any atom is -0.299 e. The van der Waals surface area contributed by atoms with Gasteiger partial charge in [-0.2, -0.15) is 0 Å². The molecule has 4 fully saturated rings. The van der Waals surface area contributed by atoms with E-state index in [1.807, 2.05) is 0 Å². The third-order valence-electron chi connectivity index (χ3n) is 12.8. The number of rotatable bonds is 1. The predicted molar refractivity (Wildman–Crippen MR) is 130 cm³/mol. The third-order valence-corrected chi connectivity index (χ3v) is 12.8. The van der Waals surface area contributed by atoms with E-state index in [1.165, 1.54) is 44.9 Å². The van der Waals surface area contributed by atoms with Gasteiger partial charge in [-0.25, -0.2) is 0 Å². The monoisotopic (exact) mass is 424 g/mol. The summed E-state index contributed by atoms with van der Waals surface area (Å²) in [6.07, 6.45) is 14.2. The van der Waals surface area contributed by atoms with Crippen LogP contribution in [0.15, 0.2) is 11.6 Å². The Hall–Kier alpha value is -0.590. The first-order valence-electron chi connectivity index (χ1n) is 13.6. The minimum absolute atomic E-state index is 0.153. The summed E-state index contributed by atoms with van der Waals surface area (Å²) in [4.78, 5) is 12.9. The number of hydrogen-bond acceptors (Lipinski definition) is 1. The molecule has 0 aliphatic heterocycles. The van der Waals surface area contributed by atoms with Crippen molar-refractivity contribution >= 4 is 5.78 Å². The highest BCUT2D eigenvalue weighted by atomic mass is 16.1. The highest BCUT2D eigenvalue weighted by Crippen LogP contribution is 2.76. The van der Waals surface area contributed by atoms with Gasteiger partial charge in [0.25, 0.3) is 0 Å². The van der Waals surface area contributed by atoms with Gasteiger partial charge in [-0.1, -0.05) is 67.0 Å². The Labute approximate surface area is 192 Å². The number of carbonyl (C=O) groups excluding carboxylic acids is 1. The van der Waals surface area contributed by atoms with E-state index in [-0.39, 0.29) is 10.8 Å². The van der Waals surface area contributed by atoms with Gasteiger partial charge in [0.2, 0.25) is 0 Å². The molecule has 0 heterocycles. The maximum absolute atomic E-state index is 12.9. The Morgan fingerprint density at radius 2 is 1.58 bits per heavy atom. The molecule has 0 bridgehead atoms. The normalized spacial score (nSPS) is 53.3. The highest BCUT2D eigenvalue weighted by Gasteiger charge is 2.68. The summed E-state index contributed by atoms with van der Waals surface area (Å²) in [5, 5.41) is 0. The van der Waals surface area contributed by atoms with Crippen LogP contribution in [0, 0.1) is 56.7 Å². The van der Waals surface area contributed by atoms with Gasteiger partial charge in [0.1, 0.15) is 5.78 Å².